The molecule has 0 aliphatic carbocycles. The van der Waals surface area contributed by atoms with E-state index in [1.807, 2.05) is 0 Å². The summed E-state index contributed by atoms with van der Waals surface area (Å²) in [5, 5.41) is 119. The van der Waals surface area contributed by atoms with Crippen LogP contribution in [0.15, 0.2) is 60.7 Å². The molecular formula is C35H22O21. The number of carboxylic acid groups (broad SMARTS) is 1. The number of ether oxygens (including phenoxy) is 4. The highest BCUT2D eigenvalue weighted by Crippen LogP contribution is 2.43. The minimum absolute atomic E-state index is 0.561. The minimum atomic E-state index is -1.57. The third-order valence-electron chi connectivity index (χ3n) is 7.29. The summed E-state index contributed by atoms with van der Waals surface area (Å²) in [6.45, 7) is 0. The second kappa shape index (κ2) is 14.7. The summed E-state index contributed by atoms with van der Waals surface area (Å²) >= 11 is 0. The molecule has 0 aliphatic heterocycles. The molecule has 0 fully saturated rings. The predicted octanol–water partition coefficient (Wildman–Crippen LogP) is 3.02. The molecule has 21 nitrogen and oxygen atoms in total. The van der Waals surface area contributed by atoms with Crippen molar-refractivity contribution in [2.24, 2.45) is 0 Å². The van der Waals surface area contributed by atoms with Gasteiger partial charge in [-0.25, -0.2) is 24.0 Å². The van der Waals surface area contributed by atoms with Gasteiger partial charge in [0.2, 0.25) is 23.0 Å². The van der Waals surface area contributed by atoms with Gasteiger partial charge in [-0.15, -0.1) is 0 Å². The van der Waals surface area contributed by atoms with Crippen LogP contribution in [0.4, 0.5) is 0 Å². The van der Waals surface area contributed by atoms with Gasteiger partial charge in [-0.2, -0.15) is 0 Å². The fourth-order valence-corrected chi connectivity index (χ4v) is 4.52. The van der Waals surface area contributed by atoms with Gasteiger partial charge in [0, 0.05) is 0 Å². The molecule has 0 atom stereocenters. The fourth-order valence-electron chi connectivity index (χ4n) is 4.52. The highest BCUT2D eigenvalue weighted by molar-refractivity contribution is 5.98. The summed E-state index contributed by atoms with van der Waals surface area (Å²) in [6, 6.07) is 6.44. The van der Waals surface area contributed by atoms with Gasteiger partial charge in [-0.05, 0) is 60.7 Å². The summed E-state index contributed by atoms with van der Waals surface area (Å²) in [4.78, 5) is 62.8. The molecule has 0 bridgehead atoms. The Morgan fingerprint density at radius 1 is 0.304 bits per heavy atom. The molecule has 0 spiro atoms. The molecule has 21 heteroatoms. The average Bonchev–Trinajstić information content (AvgIpc) is 3.13. The van der Waals surface area contributed by atoms with Crippen LogP contribution in [0, 0.1) is 0 Å². The van der Waals surface area contributed by atoms with Crippen LogP contribution in [-0.4, -0.2) is 91.1 Å². The molecule has 5 aromatic carbocycles. The molecule has 0 heterocycles. The summed E-state index contributed by atoms with van der Waals surface area (Å²) < 4.78 is 19.9. The number of hydrogen-bond acceptors (Lipinski definition) is 20. The van der Waals surface area contributed by atoms with E-state index in [0.29, 0.717) is 60.7 Å². The lowest BCUT2D eigenvalue weighted by Crippen LogP contribution is -2.13. The van der Waals surface area contributed by atoms with E-state index in [4.69, 9.17) is 24.1 Å². The molecule has 0 saturated carbocycles. The van der Waals surface area contributed by atoms with Gasteiger partial charge in [-0.1, -0.05) is 0 Å². The maximum Gasteiger partial charge on any atom is 0.343 e. The Morgan fingerprint density at radius 3 is 0.750 bits per heavy atom. The van der Waals surface area contributed by atoms with Gasteiger partial charge in [0.1, 0.15) is 0 Å². The van der Waals surface area contributed by atoms with E-state index in [2.05, 4.69) is 0 Å². The Kier molecular flexibility index (Phi) is 10.1. The Balaban J connectivity index is 1.37. The number of carboxylic acids is 1. The van der Waals surface area contributed by atoms with Crippen molar-refractivity contribution in [3.8, 4) is 86.2 Å². The number of carbonyl (C=O) groups excluding carboxylic acids is 4. The minimum Gasteiger partial charge on any atom is -0.504 e. The number of hydrogen-bond donors (Lipinski definition) is 12. The van der Waals surface area contributed by atoms with E-state index in [9.17, 15) is 80.1 Å². The highest BCUT2D eigenvalue weighted by atomic mass is 16.6. The number of rotatable bonds is 9. The Morgan fingerprint density at radius 2 is 0.500 bits per heavy atom. The van der Waals surface area contributed by atoms with Crippen molar-refractivity contribution in [3.05, 3.63) is 88.5 Å². The number of esters is 4. The second-order valence-electron chi connectivity index (χ2n) is 11.1. The van der Waals surface area contributed by atoms with Crippen molar-refractivity contribution >= 4 is 29.8 Å². The van der Waals surface area contributed by atoms with E-state index in [0.717, 1.165) is 0 Å². The molecule has 288 valence electrons. The zero-order valence-corrected chi connectivity index (χ0v) is 27.3. The molecule has 0 aromatic heterocycles. The molecule has 56 heavy (non-hydrogen) atoms. The van der Waals surface area contributed by atoms with E-state index >= 15 is 0 Å². The van der Waals surface area contributed by atoms with Crippen molar-refractivity contribution in [2.75, 3.05) is 0 Å². The van der Waals surface area contributed by atoms with Gasteiger partial charge < -0.3 is 80.2 Å². The molecule has 0 unspecified atom stereocenters. The zero-order chi connectivity index (χ0) is 41.3. The monoisotopic (exact) mass is 778 g/mol. The smallest absolute Gasteiger partial charge is 0.343 e. The Bertz CT molecular complexity index is 2480. The SMILES string of the molecule is O=C(O)c1cc(O)c(O)c(OC(=O)c2cc(O)c(O)c(OC(=O)c3cc(O)c(O)c(OC(=O)c4cc(O)c(O)c(OC(=O)c5cc(O)c(O)c(O)c5)c4)c3)c2)c1. The van der Waals surface area contributed by atoms with Gasteiger partial charge in [0.15, 0.2) is 63.2 Å². The maximum absolute atomic E-state index is 13.1. The van der Waals surface area contributed by atoms with Crippen molar-refractivity contribution in [1.82, 2.24) is 0 Å². The first-order valence-corrected chi connectivity index (χ1v) is 14.9. The van der Waals surface area contributed by atoms with Crippen LogP contribution in [-0.2, 0) is 0 Å². The second-order valence-corrected chi connectivity index (χ2v) is 11.1. The summed E-state index contributed by atoms with van der Waals surface area (Å²) in [5.74, 6) is -22.4. The Labute approximate surface area is 308 Å². The van der Waals surface area contributed by atoms with Crippen LogP contribution >= 0.6 is 0 Å². The number of phenolic OH excluding ortho intramolecular Hbond substituents is 11. The van der Waals surface area contributed by atoms with Crippen molar-refractivity contribution in [3.63, 3.8) is 0 Å². The van der Waals surface area contributed by atoms with Crippen LogP contribution in [0.2, 0.25) is 0 Å². The predicted molar refractivity (Wildman–Crippen MR) is 177 cm³/mol. The topological polar surface area (TPSA) is 365 Å². The largest absolute Gasteiger partial charge is 0.504 e. The van der Waals surface area contributed by atoms with Crippen LogP contribution < -0.4 is 18.9 Å². The normalized spacial score (nSPS) is 10.6. The van der Waals surface area contributed by atoms with Crippen molar-refractivity contribution < 1.29 is 104 Å². The van der Waals surface area contributed by atoms with Gasteiger partial charge in [0.25, 0.3) is 0 Å². The van der Waals surface area contributed by atoms with E-state index < -0.39 is 144 Å². The van der Waals surface area contributed by atoms with E-state index in [1.54, 1.807) is 0 Å². The Hall–Kier alpha value is -8.75. The standard InChI is InChI=1S/C35H22O21/c36-16-2-12(3-17(37)26(16)42)32(49)54-23-8-14(5-19(39)28(23)44)34(51)56-25-10-15(6-21(41)30(25)46)35(52)55-24-9-13(4-20(40)29(24)45)33(50)53-22-7-11(31(47)48)1-18(38)27(22)43/h1-10,36-46H,(H,47,48). The van der Waals surface area contributed by atoms with Gasteiger partial charge >= 0.3 is 29.8 Å². The first kappa shape index (κ1) is 38.5. The number of carbonyl (C=O) groups is 5. The molecule has 0 saturated heterocycles. The number of benzene rings is 5. The van der Waals surface area contributed by atoms with Crippen molar-refractivity contribution in [2.45, 2.75) is 0 Å². The molecule has 0 aliphatic rings. The fraction of sp³-hybridized carbons (Fsp3) is 0. The lowest BCUT2D eigenvalue weighted by atomic mass is 10.1. The first-order valence-electron chi connectivity index (χ1n) is 14.9. The van der Waals surface area contributed by atoms with Gasteiger partial charge in [-0.3, -0.25) is 0 Å². The van der Waals surface area contributed by atoms with Gasteiger partial charge in [0.05, 0.1) is 27.8 Å². The van der Waals surface area contributed by atoms with E-state index in [-0.39, 0.29) is 0 Å². The molecule has 5 aromatic rings. The lowest BCUT2D eigenvalue weighted by Gasteiger charge is -2.13. The molecule has 0 radical (unpaired) electrons. The molecule has 0 amide bonds. The van der Waals surface area contributed by atoms with Crippen LogP contribution in [0.5, 0.6) is 86.2 Å². The maximum atomic E-state index is 13.1. The zero-order valence-electron chi connectivity index (χ0n) is 27.3. The number of phenols is 11. The summed E-state index contributed by atoms with van der Waals surface area (Å²) in [6.07, 6.45) is 0. The average molecular weight is 779 g/mol. The van der Waals surface area contributed by atoms with E-state index in [1.165, 1.54) is 0 Å². The molecule has 12 N–H and O–H groups in total. The van der Waals surface area contributed by atoms with Crippen LogP contribution in [0.1, 0.15) is 51.8 Å². The number of aromatic carboxylic acids is 1. The molecule has 5 rings (SSSR count). The summed E-state index contributed by atoms with van der Waals surface area (Å²) in [7, 11) is 0. The van der Waals surface area contributed by atoms with Crippen LogP contribution in [0.3, 0.4) is 0 Å². The first-order chi connectivity index (χ1) is 26.2. The third kappa shape index (κ3) is 7.70. The molecular weight excluding hydrogens is 756 g/mol. The number of aromatic hydroxyl groups is 11. The van der Waals surface area contributed by atoms with Crippen molar-refractivity contribution in [1.29, 1.82) is 0 Å². The summed E-state index contributed by atoms with van der Waals surface area (Å²) in [5.41, 5.74) is -3.24. The highest BCUT2D eigenvalue weighted by Gasteiger charge is 2.26. The third-order valence-corrected chi connectivity index (χ3v) is 7.29. The lowest BCUT2D eigenvalue weighted by molar-refractivity contribution is 0.0684. The quantitative estimate of drug-likeness (QED) is 0.0581. The van der Waals surface area contributed by atoms with Crippen LogP contribution in [0.25, 0.3) is 0 Å².